The summed E-state index contributed by atoms with van der Waals surface area (Å²) in [4.78, 5) is 8.85. The molecule has 0 N–H and O–H groups in total. The van der Waals surface area contributed by atoms with E-state index in [1.54, 1.807) is 6.20 Å². The van der Waals surface area contributed by atoms with Crippen LogP contribution in [0.3, 0.4) is 0 Å². The third-order valence-corrected chi connectivity index (χ3v) is 14.0. The molecule has 0 spiro atoms. The highest BCUT2D eigenvalue weighted by atomic mass is 35.5. The van der Waals surface area contributed by atoms with Crippen molar-refractivity contribution in [2.75, 3.05) is 0 Å². The van der Waals surface area contributed by atoms with Crippen molar-refractivity contribution in [2.24, 2.45) is 0 Å². The smallest absolute Gasteiger partial charge is 0.399 e. The molecule has 10 aromatic rings. The van der Waals surface area contributed by atoms with Crippen LogP contribution in [-0.2, 0) is 9.31 Å². The molecular formula is C65H55BCl2N2O2. The molecule has 354 valence electrons. The van der Waals surface area contributed by atoms with E-state index < -0.39 is 0 Å². The van der Waals surface area contributed by atoms with Gasteiger partial charge in [0.15, 0.2) is 0 Å². The molecule has 0 unspecified atom stereocenters. The Hall–Kier alpha value is -7.38. The second-order valence-electron chi connectivity index (χ2n) is 18.8. The average molecular weight is 978 g/mol. The Morgan fingerprint density at radius 1 is 0.347 bits per heavy atom. The number of halogens is 2. The van der Waals surface area contributed by atoms with Crippen LogP contribution in [0.1, 0.15) is 33.3 Å². The van der Waals surface area contributed by atoms with Gasteiger partial charge in [-0.05, 0) is 156 Å². The monoisotopic (exact) mass is 976 g/mol. The van der Waals surface area contributed by atoms with E-state index in [9.17, 15) is 0 Å². The minimum Gasteiger partial charge on any atom is -0.399 e. The lowest BCUT2D eigenvalue weighted by Gasteiger charge is -2.32. The van der Waals surface area contributed by atoms with E-state index in [-0.39, 0.29) is 18.3 Å². The fraction of sp³-hybridized carbons (Fsp3) is 0.108. The molecule has 3 heterocycles. The van der Waals surface area contributed by atoms with Crippen LogP contribution in [0.15, 0.2) is 243 Å². The highest BCUT2D eigenvalue weighted by molar-refractivity contribution is 6.62. The Morgan fingerprint density at radius 2 is 0.736 bits per heavy atom. The van der Waals surface area contributed by atoms with Crippen molar-refractivity contribution in [2.45, 2.75) is 45.8 Å². The van der Waals surface area contributed by atoms with E-state index in [0.29, 0.717) is 0 Å². The highest BCUT2D eigenvalue weighted by Gasteiger charge is 2.51. The third-order valence-electron chi connectivity index (χ3n) is 13.3. The Bertz CT molecular complexity index is 3390. The fourth-order valence-electron chi connectivity index (χ4n) is 8.46. The number of aromatic nitrogens is 2. The molecule has 0 atom stereocenters. The summed E-state index contributed by atoms with van der Waals surface area (Å²) in [5.41, 5.74) is 17.1. The van der Waals surface area contributed by atoms with Gasteiger partial charge in [0.1, 0.15) is 0 Å². The Kier molecular flexibility index (Phi) is 15.4. The molecule has 72 heavy (non-hydrogen) atoms. The van der Waals surface area contributed by atoms with Crippen LogP contribution >= 0.6 is 23.2 Å². The molecule has 4 nitrogen and oxygen atoms in total. The van der Waals surface area contributed by atoms with Crippen molar-refractivity contribution in [1.82, 2.24) is 9.97 Å². The molecule has 0 saturated carbocycles. The van der Waals surface area contributed by atoms with Crippen LogP contribution in [0.5, 0.6) is 0 Å². The predicted molar refractivity (Wildman–Crippen MR) is 303 cm³/mol. The standard InChI is InChI=1S/C29H20ClN.C19H15Cl.C17H20BNO2/c30-28-20-24(23-11-6-10-22(18-23)21-8-2-1-3-9-21)15-16-27(28)25-12-7-13-26(19-25)29-14-4-5-17-31-29;1-14-10-11-18(13-19(14)20)17-9-5-8-16(12-17)15-6-3-2-4-7-15;1-16(2)17(3,4)21-18(20-16)14-9-7-8-13(12-14)15-10-5-6-11-19-15/h1-20H;2-13H,1H3;5-12H,1-4H3. The quantitative estimate of drug-likeness (QED) is 0.142. The molecule has 0 bridgehead atoms. The van der Waals surface area contributed by atoms with Crippen LogP contribution in [0.2, 0.25) is 10.0 Å². The van der Waals surface area contributed by atoms with E-state index in [4.69, 9.17) is 32.5 Å². The first-order valence-corrected chi connectivity index (χ1v) is 24.9. The molecule has 1 aliphatic rings. The van der Waals surface area contributed by atoms with Crippen molar-refractivity contribution >= 4 is 35.8 Å². The van der Waals surface area contributed by atoms with Gasteiger partial charge in [-0.15, -0.1) is 0 Å². The summed E-state index contributed by atoms with van der Waals surface area (Å²) in [6.07, 6.45) is 3.62. The van der Waals surface area contributed by atoms with Gasteiger partial charge in [0.2, 0.25) is 0 Å². The van der Waals surface area contributed by atoms with Crippen molar-refractivity contribution in [3.8, 4) is 78.1 Å². The first-order valence-electron chi connectivity index (χ1n) is 24.2. The van der Waals surface area contributed by atoms with Gasteiger partial charge in [-0.3, -0.25) is 9.97 Å². The third kappa shape index (κ3) is 11.9. The maximum Gasteiger partial charge on any atom is 0.494 e. The molecule has 1 fully saturated rings. The minimum absolute atomic E-state index is 0.321. The molecule has 1 saturated heterocycles. The molecule has 0 radical (unpaired) electrons. The summed E-state index contributed by atoms with van der Waals surface area (Å²) >= 11 is 13.0. The van der Waals surface area contributed by atoms with Gasteiger partial charge in [-0.1, -0.05) is 199 Å². The van der Waals surface area contributed by atoms with Gasteiger partial charge in [0.05, 0.1) is 22.6 Å². The second-order valence-corrected chi connectivity index (χ2v) is 19.6. The first kappa shape index (κ1) is 49.6. The molecule has 7 heteroatoms. The molecule has 8 aromatic carbocycles. The van der Waals surface area contributed by atoms with Gasteiger partial charge >= 0.3 is 7.12 Å². The zero-order valence-corrected chi connectivity index (χ0v) is 42.7. The lowest BCUT2D eigenvalue weighted by atomic mass is 9.78. The van der Waals surface area contributed by atoms with Crippen LogP contribution in [0.4, 0.5) is 0 Å². The van der Waals surface area contributed by atoms with Crippen molar-refractivity contribution in [3.05, 3.63) is 259 Å². The second kappa shape index (κ2) is 22.4. The van der Waals surface area contributed by atoms with E-state index >= 15 is 0 Å². The van der Waals surface area contributed by atoms with Crippen LogP contribution in [0.25, 0.3) is 78.1 Å². The number of rotatable bonds is 8. The topological polar surface area (TPSA) is 44.2 Å². The zero-order valence-electron chi connectivity index (χ0n) is 41.1. The Labute approximate surface area is 435 Å². The number of aryl methyl sites for hydroxylation is 1. The van der Waals surface area contributed by atoms with Gasteiger partial charge in [0.25, 0.3) is 0 Å². The summed E-state index contributed by atoms with van der Waals surface area (Å²) in [5.74, 6) is 0. The summed E-state index contributed by atoms with van der Waals surface area (Å²) in [6, 6.07) is 78.8. The summed E-state index contributed by atoms with van der Waals surface area (Å²) in [7, 11) is -0.335. The average Bonchev–Trinajstić information content (AvgIpc) is 3.66. The molecule has 1 aliphatic heterocycles. The van der Waals surface area contributed by atoms with E-state index in [1.807, 2.05) is 85.9 Å². The molecule has 2 aromatic heterocycles. The Balaban J connectivity index is 0.000000138. The van der Waals surface area contributed by atoms with Crippen LogP contribution in [-0.4, -0.2) is 28.3 Å². The van der Waals surface area contributed by atoms with Crippen LogP contribution < -0.4 is 5.46 Å². The number of nitrogens with zero attached hydrogens (tertiary/aromatic N) is 2. The number of pyridine rings is 2. The SMILES string of the molecule is CC1(C)OB(c2cccc(-c3ccccn3)c2)OC1(C)C.Cc1ccc(-c2cccc(-c3ccccc3)c2)cc1Cl.Clc1cc(-c2cccc(-c3ccccc3)c2)ccc1-c1cccc(-c2ccccn2)c1. The maximum atomic E-state index is 6.75. The van der Waals surface area contributed by atoms with Gasteiger partial charge in [-0.25, -0.2) is 0 Å². The lowest BCUT2D eigenvalue weighted by molar-refractivity contribution is 0.00578. The number of hydrogen-bond acceptors (Lipinski definition) is 4. The summed E-state index contributed by atoms with van der Waals surface area (Å²) in [6.45, 7) is 10.3. The molecular weight excluding hydrogens is 922 g/mol. The van der Waals surface area contributed by atoms with E-state index in [2.05, 4.69) is 195 Å². The van der Waals surface area contributed by atoms with E-state index in [0.717, 1.165) is 71.4 Å². The first-order chi connectivity index (χ1) is 34.9. The summed E-state index contributed by atoms with van der Waals surface area (Å²) in [5, 5.41) is 1.55. The highest BCUT2D eigenvalue weighted by Crippen LogP contribution is 2.38. The zero-order chi connectivity index (χ0) is 50.1. The van der Waals surface area contributed by atoms with Crippen LogP contribution in [0, 0.1) is 6.92 Å². The normalized spacial score (nSPS) is 13.3. The summed E-state index contributed by atoms with van der Waals surface area (Å²) < 4.78 is 12.2. The number of hydrogen-bond donors (Lipinski definition) is 0. The lowest BCUT2D eigenvalue weighted by Crippen LogP contribution is -2.41. The molecule has 0 amide bonds. The van der Waals surface area contributed by atoms with Crippen molar-refractivity contribution < 1.29 is 9.31 Å². The van der Waals surface area contributed by atoms with Gasteiger partial charge in [-0.2, -0.15) is 0 Å². The van der Waals surface area contributed by atoms with Gasteiger partial charge in [0, 0.05) is 33.6 Å². The number of benzene rings is 8. The largest absolute Gasteiger partial charge is 0.494 e. The van der Waals surface area contributed by atoms with Gasteiger partial charge < -0.3 is 9.31 Å². The Morgan fingerprint density at radius 3 is 1.22 bits per heavy atom. The van der Waals surface area contributed by atoms with Crippen molar-refractivity contribution in [3.63, 3.8) is 0 Å². The fourth-order valence-corrected chi connectivity index (χ4v) is 8.93. The molecule has 0 aliphatic carbocycles. The minimum atomic E-state index is -0.335. The molecule has 11 rings (SSSR count). The maximum absolute atomic E-state index is 6.75. The van der Waals surface area contributed by atoms with E-state index in [1.165, 1.54) is 27.8 Å². The predicted octanol–water partition coefficient (Wildman–Crippen LogP) is 17.4. The van der Waals surface area contributed by atoms with Crippen molar-refractivity contribution in [1.29, 1.82) is 0 Å².